The number of anilines is 1. The van der Waals surface area contributed by atoms with Crippen molar-refractivity contribution in [2.24, 2.45) is 0 Å². The Labute approximate surface area is 87.4 Å². The summed E-state index contributed by atoms with van der Waals surface area (Å²) in [4.78, 5) is 0. The highest BCUT2D eigenvalue weighted by Crippen LogP contribution is 2.29. The molecule has 11 heavy (non-hydrogen) atoms. The molecule has 1 aromatic carbocycles. The fourth-order valence-electron chi connectivity index (χ4n) is 0.701. The quantitative estimate of drug-likeness (QED) is 0.635. The number of hydrogen-bond donors (Lipinski definition) is 1. The normalized spacial score (nSPS) is 9.73. The van der Waals surface area contributed by atoms with E-state index >= 15 is 0 Å². The second-order valence-electron chi connectivity index (χ2n) is 2.01. The summed E-state index contributed by atoms with van der Waals surface area (Å²) in [5, 5.41) is 0. The molecule has 0 aliphatic carbocycles. The molecule has 0 fully saturated rings. The minimum absolute atomic E-state index is 0.697. The first-order valence-corrected chi connectivity index (χ1v) is 4.81. The zero-order chi connectivity index (χ0) is 8.43. The second kappa shape index (κ2) is 3.62. The highest BCUT2D eigenvalue weighted by atomic mass is 127. The van der Waals surface area contributed by atoms with Crippen molar-refractivity contribution in [2.45, 2.75) is 0 Å². The molecular weight excluding hydrogens is 321 g/mol. The van der Waals surface area contributed by atoms with E-state index in [1.165, 1.54) is 0 Å². The van der Waals surface area contributed by atoms with Gasteiger partial charge < -0.3 is 10.5 Å². The Hall–Kier alpha value is 0.0300. The highest BCUT2D eigenvalue weighted by Gasteiger charge is 2.02. The van der Waals surface area contributed by atoms with Crippen LogP contribution in [0.3, 0.4) is 0 Å². The molecule has 0 heterocycles. The monoisotopic (exact) mass is 327 g/mol. The first-order valence-electron chi connectivity index (χ1n) is 2.93. The molecule has 1 rings (SSSR count). The van der Waals surface area contributed by atoms with Crippen LogP contribution in [-0.4, -0.2) is 7.11 Å². The zero-order valence-corrected chi connectivity index (χ0v) is 9.64. The van der Waals surface area contributed by atoms with Gasteiger partial charge in [0.05, 0.1) is 10.7 Å². The molecule has 0 unspecified atom stereocenters. The Morgan fingerprint density at radius 1 is 1.55 bits per heavy atom. The van der Waals surface area contributed by atoms with E-state index < -0.39 is 0 Å². The first kappa shape index (κ1) is 9.12. The molecule has 0 saturated heterocycles. The van der Waals surface area contributed by atoms with E-state index in [9.17, 15) is 0 Å². The molecule has 2 N–H and O–H groups in total. The van der Waals surface area contributed by atoms with Crippen LogP contribution in [0.25, 0.3) is 0 Å². The average Bonchev–Trinajstić information content (AvgIpc) is 1.97. The fraction of sp³-hybridized carbons (Fsp3) is 0.143. The van der Waals surface area contributed by atoms with Gasteiger partial charge in [0.2, 0.25) is 0 Å². The van der Waals surface area contributed by atoms with E-state index in [-0.39, 0.29) is 0 Å². The molecule has 0 bridgehead atoms. The standard InChI is InChI=1S/C7H7BrINO/c1-11-7-3-6(10)4(8)2-5(7)9/h2-3H,10H2,1H3. The summed E-state index contributed by atoms with van der Waals surface area (Å²) in [6.07, 6.45) is 0. The molecule has 0 spiro atoms. The van der Waals surface area contributed by atoms with Gasteiger partial charge in [-0.05, 0) is 44.6 Å². The third kappa shape index (κ3) is 1.99. The third-order valence-electron chi connectivity index (χ3n) is 1.27. The lowest BCUT2D eigenvalue weighted by atomic mass is 10.3. The summed E-state index contributed by atoms with van der Waals surface area (Å²) < 4.78 is 7.03. The van der Waals surface area contributed by atoms with Crippen molar-refractivity contribution in [2.75, 3.05) is 12.8 Å². The minimum Gasteiger partial charge on any atom is -0.496 e. The fourth-order valence-corrected chi connectivity index (χ4v) is 2.16. The van der Waals surface area contributed by atoms with Crippen molar-refractivity contribution < 1.29 is 4.74 Å². The molecule has 2 nitrogen and oxygen atoms in total. The molecule has 0 radical (unpaired) electrons. The van der Waals surface area contributed by atoms with Crippen molar-refractivity contribution in [3.63, 3.8) is 0 Å². The van der Waals surface area contributed by atoms with Gasteiger partial charge in [0.15, 0.2) is 0 Å². The van der Waals surface area contributed by atoms with E-state index in [2.05, 4.69) is 38.5 Å². The lowest BCUT2D eigenvalue weighted by molar-refractivity contribution is 0.412. The van der Waals surface area contributed by atoms with Crippen LogP contribution in [0.4, 0.5) is 5.69 Å². The molecule has 1 aromatic rings. The lowest BCUT2D eigenvalue weighted by Gasteiger charge is -2.05. The molecule has 0 aliphatic heterocycles. The zero-order valence-electron chi connectivity index (χ0n) is 5.90. The number of nitrogen functional groups attached to an aromatic ring is 1. The number of hydrogen-bond acceptors (Lipinski definition) is 2. The van der Waals surface area contributed by atoms with Gasteiger partial charge in [-0.2, -0.15) is 0 Å². The number of benzene rings is 1. The molecule has 4 heteroatoms. The number of ether oxygens (including phenoxy) is 1. The van der Waals surface area contributed by atoms with Crippen LogP contribution in [0.5, 0.6) is 5.75 Å². The molecule has 0 aromatic heterocycles. The van der Waals surface area contributed by atoms with Crippen LogP contribution in [0.1, 0.15) is 0 Å². The maximum Gasteiger partial charge on any atom is 0.134 e. The van der Waals surface area contributed by atoms with E-state index in [1.807, 2.05) is 6.07 Å². The largest absolute Gasteiger partial charge is 0.496 e. The van der Waals surface area contributed by atoms with Gasteiger partial charge in [-0.3, -0.25) is 0 Å². The third-order valence-corrected chi connectivity index (χ3v) is 2.80. The molecular formula is C7H7BrINO. The molecule has 0 atom stereocenters. The van der Waals surface area contributed by atoms with Crippen LogP contribution < -0.4 is 10.5 Å². The Morgan fingerprint density at radius 2 is 2.18 bits per heavy atom. The first-order chi connectivity index (χ1) is 5.15. The summed E-state index contributed by atoms with van der Waals surface area (Å²) in [5.41, 5.74) is 6.33. The number of rotatable bonds is 1. The predicted octanol–water partition coefficient (Wildman–Crippen LogP) is 2.64. The van der Waals surface area contributed by atoms with Crippen LogP contribution >= 0.6 is 38.5 Å². The van der Waals surface area contributed by atoms with Crippen molar-refractivity contribution in [3.8, 4) is 5.75 Å². The van der Waals surface area contributed by atoms with Gasteiger partial charge >= 0.3 is 0 Å². The van der Waals surface area contributed by atoms with Crippen molar-refractivity contribution in [1.29, 1.82) is 0 Å². The maximum absolute atomic E-state index is 5.63. The predicted molar refractivity (Wildman–Crippen MR) is 57.8 cm³/mol. The molecule has 60 valence electrons. The van der Waals surface area contributed by atoms with Gasteiger partial charge in [-0.25, -0.2) is 0 Å². The Kier molecular flexibility index (Phi) is 3.00. The van der Waals surface area contributed by atoms with Crippen LogP contribution in [0.2, 0.25) is 0 Å². The highest BCUT2D eigenvalue weighted by molar-refractivity contribution is 14.1. The van der Waals surface area contributed by atoms with Crippen molar-refractivity contribution in [1.82, 2.24) is 0 Å². The van der Waals surface area contributed by atoms with Gasteiger partial charge in [0.1, 0.15) is 5.75 Å². The summed E-state index contributed by atoms with van der Waals surface area (Å²) in [6, 6.07) is 3.72. The lowest BCUT2D eigenvalue weighted by Crippen LogP contribution is -1.91. The van der Waals surface area contributed by atoms with Crippen molar-refractivity contribution in [3.05, 3.63) is 20.2 Å². The van der Waals surface area contributed by atoms with Gasteiger partial charge in [-0.1, -0.05) is 0 Å². The average molecular weight is 328 g/mol. The number of halogens is 2. The maximum atomic E-state index is 5.63. The van der Waals surface area contributed by atoms with Crippen molar-refractivity contribution >= 4 is 44.2 Å². The molecule has 0 amide bonds. The van der Waals surface area contributed by atoms with Gasteiger partial charge in [0, 0.05) is 16.2 Å². The van der Waals surface area contributed by atoms with Gasteiger partial charge in [0.25, 0.3) is 0 Å². The van der Waals surface area contributed by atoms with E-state index in [4.69, 9.17) is 10.5 Å². The second-order valence-corrected chi connectivity index (χ2v) is 4.02. The summed E-state index contributed by atoms with van der Waals surface area (Å²) in [5.74, 6) is 0.811. The number of methoxy groups -OCH3 is 1. The smallest absolute Gasteiger partial charge is 0.134 e. The Balaban J connectivity index is 3.21. The van der Waals surface area contributed by atoms with Crippen LogP contribution in [0.15, 0.2) is 16.6 Å². The SMILES string of the molecule is COc1cc(N)c(Br)cc1I. The van der Waals surface area contributed by atoms with Gasteiger partial charge in [-0.15, -0.1) is 0 Å². The van der Waals surface area contributed by atoms with Crippen LogP contribution in [0, 0.1) is 3.57 Å². The van der Waals surface area contributed by atoms with E-state index in [1.54, 1.807) is 13.2 Å². The summed E-state index contributed by atoms with van der Waals surface area (Å²) >= 11 is 5.52. The summed E-state index contributed by atoms with van der Waals surface area (Å²) in [7, 11) is 1.63. The number of nitrogens with two attached hydrogens (primary N) is 1. The van der Waals surface area contributed by atoms with Crippen LogP contribution in [-0.2, 0) is 0 Å². The van der Waals surface area contributed by atoms with E-state index in [0.29, 0.717) is 5.69 Å². The molecule has 0 saturated carbocycles. The van der Waals surface area contributed by atoms with E-state index in [0.717, 1.165) is 13.8 Å². The topological polar surface area (TPSA) is 35.2 Å². The Morgan fingerprint density at radius 3 is 2.73 bits per heavy atom. The minimum atomic E-state index is 0.697. The molecule has 0 aliphatic rings. The Bertz CT molecular complexity index is 277. The summed E-state index contributed by atoms with van der Waals surface area (Å²) in [6.45, 7) is 0.